The second-order valence-electron chi connectivity index (χ2n) is 6.53. The molecule has 0 unspecified atom stereocenters. The van der Waals surface area contributed by atoms with Crippen molar-refractivity contribution in [1.82, 2.24) is 20.3 Å². The van der Waals surface area contributed by atoms with Crippen molar-refractivity contribution in [3.8, 4) is 0 Å². The number of piperidine rings is 1. The molecular weight excluding hydrogens is 322 g/mol. The number of carbonyl (C=O) groups excluding carboxylic acids is 2. The normalized spacial score (nSPS) is 15.5. The van der Waals surface area contributed by atoms with Gasteiger partial charge in [-0.3, -0.25) is 14.7 Å². The highest BCUT2D eigenvalue weighted by molar-refractivity contribution is 5.90. The Bertz CT molecular complexity index is 752. The summed E-state index contributed by atoms with van der Waals surface area (Å²) in [6, 6.07) is 1.71. The largest absolute Gasteiger partial charge is 0.364 e. The molecular formula is C17H23N5O3. The smallest absolute Gasteiger partial charge is 0.269 e. The summed E-state index contributed by atoms with van der Waals surface area (Å²) >= 11 is 0. The van der Waals surface area contributed by atoms with Crippen molar-refractivity contribution in [2.75, 3.05) is 13.1 Å². The molecule has 8 nitrogen and oxygen atoms in total. The van der Waals surface area contributed by atoms with Crippen LogP contribution < -0.4 is 5.73 Å². The van der Waals surface area contributed by atoms with Crippen LogP contribution >= 0.6 is 0 Å². The molecule has 0 aliphatic carbocycles. The minimum absolute atomic E-state index is 0.154. The zero-order valence-corrected chi connectivity index (χ0v) is 14.5. The summed E-state index contributed by atoms with van der Waals surface area (Å²) in [5, 5.41) is 10.7. The fourth-order valence-corrected chi connectivity index (χ4v) is 3.36. The zero-order chi connectivity index (χ0) is 18.0. The fourth-order valence-electron chi connectivity index (χ4n) is 3.36. The van der Waals surface area contributed by atoms with Crippen molar-refractivity contribution < 1.29 is 14.1 Å². The van der Waals surface area contributed by atoms with Gasteiger partial charge in [-0.25, -0.2) is 0 Å². The van der Waals surface area contributed by atoms with E-state index in [-0.39, 0.29) is 17.5 Å². The number of aryl methyl sites for hydroxylation is 2. The highest BCUT2D eigenvalue weighted by Gasteiger charge is 2.25. The van der Waals surface area contributed by atoms with Gasteiger partial charge in [0.15, 0.2) is 0 Å². The lowest BCUT2D eigenvalue weighted by Crippen LogP contribution is -2.38. The van der Waals surface area contributed by atoms with Crippen molar-refractivity contribution in [3.05, 3.63) is 34.5 Å². The summed E-state index contributed by atoms with van der Waals surface area (Å²) in [4.78, 5) is 25.5. The number of hydrogen-bond donors (Lipinski definition) is 2. The first-order valence-corrected chi connectivity index (χ1v) is 8.50. The number of rotatable bonds is 5. The Kier molecular flexibility index (Phi) is 4.87. The van der Waals surface area contributed by atoms with E-state index < -0.39 is 5.91 Å². The first-order valence-electron chi connectivity index (χ1n) is 8.50. The van der Waals surface area contributed by atoms with Gasteiger partial charge in [0.1, 0.15) is 11.5 Å². The van der Waals surface area contributed by atoms with E-state index in [0.29, 0.717) is 25.9 Å². The molecule has 134 valence electrons. The Balaban J connectivity index is 1.51. The summed E-state index contributed by atoms with van der Waals surface area (Å²) in [6.45, 7) is 5.18. The SMILES string of the molecule is Cc1noc(C)c1CCC(=O)N1CCC(c2cc(C(N)=O)n[nH]2)CC1. The quantitative estimate of drug-likeness (QED) is 0.850. The molecule has 2 aromatic heterocycles. The highest BCUT2D eigenvalue weighted by Crippen LogP contribution is 2.27. The Labute approximate surface area is 145 Å². The Morgan fingerprint density at radius 1 is 1.36 bits per heavy atom. The van der Waals surface area contributed by atoms with Crippen LogP contribution in [0.1, 0.15) is 58.4 Å². The van der Waals surface area contributed by atoms with Gasteiger partial charge in [-0.2, -0.15) is 5.10 Å². The van der Waals surface area contributed by atoms with Gasteiger partial charge in [0.25, 0.3) is 5.91 Å². The second-order valence-corrected chi connectivity index (χ2v) is 6.53. The molecule has 1 aliphatic rings. The lowest BCUT2D eigenvalue weighted by atomic mass is 9.93. The number of nitrogens with one attached hydrogen (secondary N) is 1. The molecule has 3 N–H and O–H groups in total. The van der Waals surface area contributed by atoms with Gasteiger partial charge in [-0.05, 0) is 39.2 Å². The van der Waals surface area contributed by atoms with Gasteiger partial charge >= 0.3 is 0 Å². The number of likely N-dealkylation sites (tertiary alicyclic amines) is 1. The van der Waals surface area contributed by atoms with Gasteiger partial charge < -0.3 is 15.2 Å². The summed E-state index contributed by atoms with van der Waals surface area (Å²) < 4.78 is 5.14. The molecule has 0 bridgehead atoms. The zero-order valence-electron chi connectivity index (χ0n) is 14.5. The molecule has 1 fully saturated rings. The minimum atomic E-state index is -0.533. The molecule has 0 aromatic carbocycles. The molecule has 8 heteroatoms. The Hall–Kier alpha value is -2.64. The number of H-pyrrole nitrogens is 1. The maximum Gasteiger partial charge on any atom is 0.269 e. The third kappa shape index (κ3) is 3.72. The molecule has 0 spiro atoms. The molecule has 1 aliphatic heterocycles. The maximum atomic E-state index is 12.4. The topological polar surface area (TPSA) is 118 Å². The van der Waals surface area contributed by atoms with E-state index in [1.54, 1.807) is 6.07 Å². The number of aromatic amines is 1. The third-order valence-corrected chi connectivity index (χ3v) is 4.91. The van der Waals surface area contributed by atoms with Crippen LogP contribution in [0.3, 0.4) is 0 Å². The van der Waals surface area contributed by atoms with Crippen molar-refractivity contribution >= 4 is 11.8 Å². The number of amides is 2. The van der Waals surface area contributed by atoms with Crippen LogP contribution in [0.4, 0.5) is 0 Å². The predicted octanol–water partition coefficient (Wildman–Crippen LogP) is 1.45. The molecule has 2 amide bonds. The van der Waals surface area contributed by atoms with Crippen LogP contribution in [0.15, 0.2) is 10.6 Å². The van der Waals surface area contributed by atoms with E-state index in [0.717, 1.165) is 35.6 Å². The van der Waals surface area contributed by atoms with Crippen molar-refractivity contribution in [2.45, 2.75) is 45.4 Å². The predicted molar refractivity (Wildman–Crippen MR) is 90.0 cm³/mol. The van der Waals surface area contributed by atoms with E-state index in [2.05, 4.69) is 15.4 Å². The fraction of sp³-hybridized carbons (Fsp3) is 0.529. The molecule has 0 atom stereocenters. The van der Waals surface area contributed by atoms with Gasteiger partial charge in [0.05, 0.1) is 5.69 Å². The van der Waals surface area contributed by atoms with E-state index in [9.17, 15) is 9.59 Å². The van der Waals surface area contributed by atoms with E-state index in [4.69, 9.17) is 10.3 Å². The minimum Gasteiger partial charge on any atom is -0.364 e. The van der Waals surface area contributed by atoms with Crippen molar-refractivity contribution in [2.24, 2.45) is 5.73 Å². The third-order valence-electron chi connectivity index (χ3n) is 4.91. The highest BCUT2D eigenvalue weighted by atomic mass is 16.5. The van der Waals surface area contributed by atoms with Gasteiger partial charge in [-0.1, -0.05) is 5.16 Å². The summed E-state index contributed by atoms with van der Waals surface area (Å²) in [7, 11) is 0. The van der Waals surface area contributed by atoms with Crippen molar-refractivity contribution in [3.63, 3.8) is 0 Å². The molecule has 2 aromatic rings. The maximum absolute atomic E-state index is 12.4. The van der Waals surface area contributed by atoms with Crippen LogP contribution in [-0.2, 0) is 11.2 Å². The summed E-state index contributed by atoms with van der Waals surface area (Å²) in [5.41, 5.74) is 8.28. The van der Waals surface area contributed by atoms with Crippen LogP contribution in [0.2, 0.25) is 0 Å². The van der Waals surface area contributed by atoms with Crippen LogP contribution in [-0.4, -0.2) is 45.2 Å². The summed E-state index contributed by atoms with van der Waals surface area (Å²) in [5.74, 6) is 0.677. The number of hydrogen-bond acceptors (Lipinski definition) is 5. The molecule has 3 heterocycles. The first kappa shape index (κ1) is 17.2. The van der Waals surface area contributed by atoms with Crippen LogP contribution in [0, 0.1) is 13.8 Å². The molecule has 25 heavy (non-hydrogen) atoms. The number of carbonyl (C=O) groups is 2. The molecule has 1 saturated heterocycles. The average molecular weight is 345 g/mol. The molecule has 3 rings (SSSR count). The van der Waals surface area contributed by atoms with Crippen LogP contribution in [0.5, 0.6) is 0 Å². The number of primary amides is 1. The van der Waals surface area contributed by atoms with E-state index in [1.165, 1.54) is 0 Å². The van der Waals surface area contributed by atoms with Crippen molar-refractivity contribution in [1.29, 1.82) is 0 Å². The monoisotopic (exact) mass is 345 g/mol. The number of aromatic nitrogens is 3. The molecule has 0 radical (unpaired) electrons. The van der Waals surface area contributed by atoms with E-state index in [1.807, 2.05) is 18.7 Å². The Morgan fingerprint density at radius 3 is 2.64 bits per heavy atom. The number of nitrogens with zero attached hydrogens (tertiary/aromatic N) is 3. The lowest BCUT2D eigenvalue weighted by Gasteiger charge is -2.31. The molecule has 0 saturated carbocycles. The van der Waals surface area contributed by atoms with Gasteiger partial charge in [0, 0.05) is 36.7 Å². The Morgan fingerprint density at radius 2 is 2.08 bits per heavy atom. The van der Waals surface area contributed by atoms with Gasteiger partial charge in [0.2, 0.25) is 5.91 Å². The van der Waals surface area contributed by atoms with Gasteiger partial charge in [-0.15, -0.1) is 0 Å². The first-order chi connectivity index (χ1) is 12.0. The lowest BCUT2D eigenvalue weighted by molar-refractivity contribution is -0.132. The second kappa shape index (κ2) is 7.08. The van der Waals surface area contributed by atoms with E-state index >= 15 is 0 Å². The summed E-state index contributed by atoms with van der Waals surface area (Å²) in [6.07, 6.45) is 2.81. The average Bonchev–Trinajstić information content (AvgIpc) is 3.21. The van der Waals surface area contributed by atoms with Crippen LogP contribution in [0.25, 0.3) is 0 Å². The standard InChI is InChI=1S/C17H23N5O3/c1-10-13(11(2)25-21-10)3-4-16(23)22-7-5-12(6-8-22)14-9-15(17(18)24)20-19-14/h9,12H,3-8H2,1-2H3,(H2,18,24)(H,19,20). The number of nitrogens with two attached hydrogens (primary N) is 1.